The van der Waals surface area contributed by atoms with Crippen LogP contribution in [-0.4, -0.2) is 88.0 Å². The van der Waals surface area contributed by atoms with E-state index in [4.69, 9.17) is 9.88 Å². The van der Waals surface area contributed by atoms with Gasteiger partial charge < -0.3 is 24.8 Å². The summed E-state index contributed by atoms with van der Waals surface area (Å²) in [6.07, 6.45) is 1.77. The van der Waals surface area contributed by atoms with Gasteiger partial charge in [-0.15, -0.1) is 0 Å². The summed E-state index contributed by atoms with van der Waals surface area (Å²) in [5.74, 6) is -0.159. The second-order valence-corrected chi connectivity index (χ2v) is 12.1. The lowest BCUT2D eigenvalue weighted by atomic mass is 9.97. The van der Waals surface area contributed by atoms with Gasteiger partial charge in [-0.25, -0.2) is 18.4 Å². The van der Waals surface area contributed by atoms with Crippen LogP contribution in [-0.2, 0) is 21.2 Å². The molecule has 1 aliphatic rings. The number of carbonyl (C=O) groups excluding carboxylic acids is 2. The molecule has 2 aromatic carbocycles. The van der Waals surface area contributed by atoms with Gasteiger partial charge in [0.1, 0.15) is 11.8 Å². The molecule has 2 aromatic rings. The van der Waals surface area contributed by atoms with E-state index in [0.29, 0.717) is 43.7 Å². The highest BCUT2D eigenvalue weighted by Gasteiger charge is 2.39. The lowest BCUT2D eigenvalue weighted by molar-refractivity contribution is -0.135. The number of urea groups is 1. The molecule has 3 amide bonds. The van der Waals surface area contributed by atoms with E-state index in [1.165, 1.54) is 12.0 Å². The van der Waals surface area contributed by atoms with Crippen molar-refractivity contribution < 1.29 is 22.7 Å². The van der Waals surface area contributed by atoms with Crippen LogP contribution in [0.2, 0.25) is 0 Å². The summed E-state index contributed by atoms with van der Waals surface area (Å²) >= 11 is 0. The van der Waals surface area contributed by atoms with Crippen molar-refractivity contribution in [1.82, 2.24) is 20.0 Å². The minimum atomic E-state index is -4.26. The van der Waals surface area contributed by atoms with Crippen LogP contribution in [0.4, 0.5) is 4.79 Å². The third-order valence-corrected chi connectivity index (χ3v) is 8.68. The van der Waals surface area contributed by atoms with Crippen LogP contribution >= 0.6 is 0 Å². The standard InChI is InChI=1S/C29H43N5O5S/c1-5-22(2)26(31-29(36)33-20-18-32(3)19-21-33)27(35)34(17-9-12-23-10-7-6-8-11-23)28(40(30,37)38)24-13-15-25(39-4)16-14-24/h6-8,10-11,13-16,22,26,28H,5,9,12,17-21H2,1-4H3,(H,31,36)(H2,30,37,38)/t22?,26-,28?/m0/s1. The summed E-state index contributed by atoms with van der Waals surface area (Å²) in [4.78, 5) is 32.7. The number of nitrogens with zero attached hydrogens (tertiary/aromatic N) is 3. The molecule has 0 saturated carbocycles. The SMILES string of the molecule is CCC(C)[C@H](NC(=O)N1CCN(C)CC1)C(=O)N(CCCc1ccccc1)C(c1ccc(OC)cc1)S(N)(=O)=O. The van der Waals surface area contributed by atoms with Crippen LogP contribution in [0.25, 0.3) is 0 Å². The summed E-state index contributed by atoms with van der Waals surface area (Å²) in [7, 11) is -0.742. The Morgan fingerprint density at radius 3 is 2.23 bits per heavy atom. The summed E-state index contributed by atoms with van der Waals surface area (Å²) < 4.78 is 31.4. The Kier molecular flexibility index (Phi) is 11.4. The number of hydrogen-bond acceptors (Lipinski definition) is 6. The first-order valence-electron chi connectivity index (χ1n) is 13.8. The molecule has 2 unspecified atom stereocenters. The Morgan fingerprint density at radius 1 is 1.05 bits per heavy atom. The number of methoxy groups -OCH3 is 1. The van der Waals surface area contributed by atoms with E-state index in [1.807, 2.05) is 51.2 Å². The second kappa shape index (κ2) is 14.5. The van der Waals surface area contributed by atoms with Gasteiger partial charge in [-0.1, -0.05) is 62.7 Å². The molecule has 0 radical (unpaired) electrons. The van der Waals surface area contributed by atoms with Crippen molar-refractivity contribution >= 4 is 22.0 Å². The first-order chi connectivity index (χ1) is 19.0. The van der Waals surface area contributed by atoms with Crippen molar-refractivity contribution in [3.8, 4) is 5.75 Å². The van der Waals surface area contributed by atoms with Crippen molar-refractivity contribution in [2.75, 3.05) is 46.9 Å². The van der Waals surface area contributed by atoms with E-state index in [1.54, 1.807) is 29.2 Å². The Hall–Kier alpha value is -3.15. The number of benzene rings is 2. The number of nitrogens with two attached hydrogens (primary N) is 1. The first-order valence-corrected chi connectivity index (χ1v) is 15.4. The fraction of sp³-hybridized carbons (Fsp3) is 0.517. The highest BCUT2D eigenvalue weighted by atomic mass is 32.2. The predicted octanol–water partition coefficient (Wildman–Crippen LogP) is 2.82. The summed E-state index contributed by atoms with van der Waals surface area (Å²) in [6.45, 7) is 6.55. The van der Waals surface area contributed by atoms with E-state index in [-0.39, 0.29) is 18.5 Å². The van der Waals surface area contributed by atoms with Crippen LogP contribution in [0.15, 0.2) is 54.6 Å². The smallest absolute Gasteiger partial charge is 0.318 e. The highest BCUT2D eigenvalue weighted by Crippen LogP contribution is 2.29. The molecular weight excluding hydrogens is 530 g/mol. The fourth-order valence-corrected chi connectivity index (χ4v) is 5.95. The number of piperazine rings is 1. The molecule has 1 fully saturated rings. The van der Waals surface area contributed by atoms with Gasteiger partial charge in [0, 0.05) is 32.7 Å². The molecule has 1 aliphatic heterocycles. The molecule has 3 atom stereocenters. The molecular formula is C29H43N5O5S. The van der Waals surface area contributed by atoms with E-state index >= 15 is 0 Å². The Balaban J connectivity index is 1.95. The molecule has 220 valence electrons. The number of likely N-dealkylation sites (N-methyl/N-ethyl adjacent to an activating group) is 1. The number of ether oxygens (including phenoxy) is 1. The molecule has 1 saturated heterocycles. The summed E-state index contributed by atoms with van der Waals surface area (Å²) in [5, 5.41) is 7.31. The number of carbonyl (C=O) groups is 2. The summed E-state index contributed by atoms with van der Waals surface area (Å²) in [6, 6.07) is 15.0. The number of primary sulfonamides is 1. The maximum Gasteiger partial charge on any atom is 0.318 e. The van der Waals surface area contributed by atoms with Gasteiger partial charge in [0.2, 0.25) is 15.9 Å². The molecule has 11 heteroatoms. The van der Waals surface area contributed by atoms with Gasteiger partial charge in [0.15, 0.2) is 5.37 Å². The van der Waals surface area contributed by atoms with Crippen molar-refractivity contribution in [3.05, 3.63) is 65.7 Å². The van der Waals surface area contributed by atoms with E-state index in [2.05, 4.69) is 10.2 Å². The van der Waals surface area contributed by atoms with Crippen molar-refractivity contribution in [1.29, 1.82) is 0 Å². The number of aryl methyl sites for hydroxylation is 1. The Morgan fingerprint density at radius 2 is 1.68 bits per heavy atom. The van der Waals surface area contributed by atoms with E-state index in [0.717, 1.165) is 18.7 Å². The first kappa shape index (κ1) is 31.4. The molecule has 1 heterocycles. The van der Waals surface area contributed by atoms with Gasteiger partial charge >= 0.3 is 6.03 Å². The van der Waals surface area contributed by atoms with Crippen molar-refractivity contribution in [3.63, 3.8) is 0 Å². The molecule has 3 N–H and O–H groups in total. The van der Waals surface area contributed by atoms with E-state index < -0.39 is 27.3 Å². The molecule has 3 rings (SSSR count). The quantitative estimate of drug-likeness (QED) is 0.402. The van der Waals surface area contributed by atoms with E-state index in [9.17, 15) is 18.0 Å². The van der Waals surface area contributed by atoms with Crippen LogP contribution < -0.4 is 15.2 Å². The molecule has 0 bridgehead atoms. The van der Waals surface area contributed by atoms with Gasteiger partial charge in [-0.2, -0.15) is 0 Å². The maximum atomic E-state index is 14.3. The minimum absolute atomic E-state index is 0.137. The number of amides is 3. The molecule has 10 nitrogen and oxygen atoms in total. The van der Waals surface area contributed by atoms with Gasteiger partial charge in [0.25, 0.3) is 0 Å². The third-order valence-electron chi connectivity index (χ3n) is 7.53. The van der Waals surface area contributed by atoms with Crippen LogP contribution in [0.5, 0.6) is 5.75 Å². The monoisotopic (exact) mass is 573 g/mol. The third kappa shape index (κ3) is 8.42. The largest absolute Gasteiger partial charge is 0.497 e. The summed E-state index contributed by atoms with van der Waals surface area (Å²) in [5.41, 5.74) is 1.43. The topological polar surface area (TPSA) is 125 Å². The number of nitrogens with one attached hydrogen (secondary N) is 1. The second-order valence-electron chi connectivity index (χ2n) is 10.4. The predicted molar refractivity (Wildman–Crippen MR) is 156 cm³/mol. The lowest BCUT2D eigenvalue weighted by Crippen LogP contribution is -2.58. The fourth-order valence-electron chi connectivity index (χ4n) is 4.85. The molecule has 0 spiro atoms. The average Bonchev–Trinajstić information content (AvgIpc) is 2.95. The van der Waals surface area contributed by atoms with Crippen LogP contribution in [0, 0.1) is 5.92 Å². The van der Waals surface area contributed by atoms with Gasteiger partial charge in [-0.05, 0) is 49.1 Å². The Labute approximate surface area is 238 Å². The number of rotatable bonds is 12. The maximum absolute atomic E-state index is 14.3. The number of sulfonamides is 1. The highest BCUT2D eigenvalue weighted by molar-refractivity contribution is 7.89. The zero-order chi connectivity index (χ0) is 29.3. The number of hydrogen-bond donors (Lipinski definition) is 2. The zero-order valence-electron chi connectivity index (χ0n) is 24.0. The molecule has 40 heavy (non-hydrogen) atoms. The minimum Gasteiger partial charge on any atom is -0.497 e. The van der Waals surface area contributed by atoms with Crippen LogP contribution in [0.3, 0.4) is 0 Å². The average molecular weight is 574 g/mol. The van der Waals surface area contributed by atoms with Crippen LogP contribution in [0.1, 0.15) is 43.2 Å². The van der Waals surface area contributed by atoms with Crippen molar-refractivity contribution in [2.24, 2.45) is 11.1 Å². The molecule has 0 aliphatic carbocycles. The Bertz CT molecular complexity index is 1200. The van der Waals surface area contributed by atoms with Crippen molar-refractivity contribution in [2.45, 2.75) is 44.5 Å². The molecule has 0 aromatic heterocycles. The zero-order valence-corrected chi connectivity index (χ0v) is 24.8. The van der Waals surface area contributed by atoms with Gasteiger partial charge in [-0.3, -0.25) is 4.79 Å². The normalized spacial score (nSPS) is 16.6. The lowest BCUT2D eigenvalue weighted by Gasteiger charge is -2.37. The van der Waals surface area contributed by atoms with Gasteiger partial charge in [0.05, 0.1) is 7.11 Å².